The van der Waals surface area contributed by atoms with Gasteiger partial charge < -0.3 is 0 Å². The Morgan fingerprint density at radius 1 is 0.848 bits per heavy atom. The molecule has 1 saturated carbocycles. The van der Waals surface area contributed by atoms with Gasteiger partial charge in [-0.15, -0.1) is 0 Å². The molecule has 33 heavy (non-hydrogen) atoms. The van der Waals surface area contributed by atoms with Crippen LogP contribution >= 0.6 is 23.2 Å². The molecule has 1 fully saturated rings. The van der Waals surface area contributed by atoms with Crippen LogP contribution in [0, 0.1) is 0 Å². The highest BCUT2D eigenvalue weighted by atomic mass is 35.5. The molecule has 0 saturated heterocycles. The summed E-state index contributed by atoms with van der Waals surface area (Å²) in [4.78, 5) is 15.4. The smallest absolute Gasteiger partial charge is 0.262 e. The summed E-state index contributed by atoms with van der Waals surface area (Å²) < 4.78 is 0. The third-order valence-electron chi connectivity index (χ3n) is 6.55. The normalized spacial score (nSPS) is 18.1. The molecule has 1 aliphatic carbocycles. The van der Waals surface area contributed by atoms with E-state index in [0.29, 0.717) is 21.5 Å². The zero-order valence-electron chi connectivity index (χ0n) is 18.3. The first-order valence-corrected chi connectivity index (χ1v) is 12.2. The minimum absolute atomic E-state index is 0.0645. The van der Waals surface area contributed by atoms with Crippen LogP contribution in [-0.2, 0) is 4.79 Å². The second-order valence-electron chi connectivity index (χ2n) is 8.73. The molecule has 2 aliphatic rings. The van der Waals surface area contributed by atoms with Gasteiger partial charge in [-0.25, -0.2) is 0 Å². The second-order valence-corrected chi connectivity index (χ2v) is 9.57. The van der Waals surface area contributed by atoms with Gasteiger partial charge in [0, 0.05) is 21.3 Å². The van der Waals surface area contributed by atoms with Gasteiger partial charge in [0.1, 0.15) is 0 Å². The molecule has 0 bridgehead atoms. The Labute approximate surface area is 205 Å². The lowest BCUT2D eigenvalue weighted by molar-refractivity contribution is -0.113. The van der Waals surface area contributed by atoms with E-state index in [1.807, 2.05) is 48.6 Å². The van der Waals surface area contributed by atoms with Crippen molar-refractivity contribution in [3.05, 3.63) is 111 Å². The van der Waals surface area contributed by atoms with Crippen molar-refractivity contribution in [1.29, 1.82) is 0 Å². The quantitative estimate of drug-likeness (QED) is 0.347. The summed E-state index contributed by atoms with van der Waals surface area (Å²) in [6, 6.07) is 23.9. The highest BCUT2D eigenvalue weighted by molar-refractivity contribution is 6.35. The summed E-state index contributed by atoms with van der Waals surface area (Å²) in [6.45, 7) is 0. The molecule has 2 nitrogen and oxygen atoms in total. The zero-order chi connectivity index (χ0) is 22.8. The third kappa shape index (κ3) is 4.64. The lowest BCUT2D eigenvalue weighted by Crippen LogP contribution is -2.25. The Bertz CT molecular complexity index is 1220. The van der Waals surface area contributed by atoms with E-state index in [2.05, 4.69) is 24.3 Å². The Balaban J connectivity index is 1.52. The first kappa shape index (κ1) is 22.0. The molecule has 3 aromatic rings. The SMILES string of the molecule is O=C1/C(=C/c2ccc(Cl)cc2Cl)C=C(c2ccccc2)N1c1ccc(C2CCCCC2)cc1. The van der Waals surface area contributed by atoms with E-state index in [1.165, 1.54) is 37.7 Å². The van der Waals surface area contributed by atoms with Gasteiger partial charge in [0.05, 0.1) is 5.70 Å². The van der Waals surface area contributed by atoms with E-state index in [9.17, 15) is 4.79 Å². The van der Waals surface area contributed by atoms with Crippen molar-refractivity contribution >= 4 is 46.6 Å². The minimum Gasteiger partial charge on any atom is -0.276 e. The first-order valence-electron chi connectivity index (χ1n) is 11.5. The highest BCUT2D eigenvalue weighted by Gasteiger charge is 2.30. The Hall–Kier alpha value is -2.81. The summed E-state index contributed by atoms with van der Waals surface area (Å²) in [5.41, 5.74) is 5.46. The summed E-state index contributed by atoms with van der Waals surface area (Å²) in [5.74, 6) is 0.569. The standard InChI is InChI=1S/C29H25Cl2NO/c30-25-14-11-23(27(31)19-25)17-24-18-28(22-9-5-2-6-10-22)32(29(24)33)26-15-12-21(13-16-26)20-7-3-1-4-8-20/h2,5-6,9-20H,1,3-4,7-8H2/b24-17+. The van der Waals surface area contributed by atoms with Crippen LogP contribution < -0.4 is 4.90 Å². The fourth-order valence-corrected chi connectivity index (χ4v) is 5.27. The first-order chi connectivity index (χ1) is 16.1. The molecule has 0 aromatic heterocycles. The minimum atomic E-state index is -0.0645. The molecular weight excluding hydrogens is 449 g/mol. The van der Waals surface area contributed by atoms with Gasteiger partial charge in [0.25, 0.3) is 5.91 Å². The number of rotatable bonds is 4. The molecule has 0 N–H and O–H groups in total. The van der Waals surface area contributed by atoms with E-state index in [-0.39, 0.29) is 5.91 Å². The lowest BCUT2D eigenvalue weighted by Gasteiger charge is -2.24. The Morgan fingerprint density at radius 3 is 2.27 bits per heavy atom. The molecule has 5 rings (SSSR count). The molecular formula is C29H25Cl2NO. The van der Waals surface area contributed by atoms with Crippen molar-refractivity contribution in [2.75, 3.05) is 4.90 Å². The van der Waals surface area contributed by atoms with E-state index >= 15 is 0 Å². The molecule has 4 heteroatoms. The van der Waals surface area contributed by atoms with E-state index in [0.717, 1.165) is 22.5 Å². The van der Waals surface area contributed by atoms with Crippen molar-refractivity contribution in [3.63, 3.8) is 0 Å². The molecule has 0 unspecified atom stereocenters. The topological polar surface area (TPSA) is 20.3 Å². The van der Waals surface area contributed by atoms with Crippen LogP contribution in [0.15, 0.2) is 84.4 Å². The Kier molecular flexibility index (Phi) is 6.39. The number of carbonyl (C=O) groups is 1. The fourth-order valence-electron chi connectivity index (χ4n) is 4.81. The monoisotopic (exact) mass is 473 g/mol. The second kappa shape index (κ2) is 9.59. The van der Waals surface area contributed by atoms with Gasteiger partial charge in [-0.05, 0) is 71.9 Å². The van der Waals surface area contributed by atoms with Crippen LogP contribution in [0.5, 0.6) is 0 Å². The lowest BCUT2D eigenvalue weighted by atomic mass is 9.84. The van der Waals surface area contributed by atoms with E-state index in [4.69, 9.17) is 23.2 Å². The molecule has 1 heterocycles. The molecule has 166 valence electrons. The third-order valence-corrected chi connectivity index (χ3v) is 7.12. The molecule has 3 aromatic carbocycles. The van der Waals surface area contributed by atoms with E-state index in [1.54, 1.807) is 17.0 Å². The van der Waals surface area contributed by atoms with Gasteiger partial charge in [-0.3, -0.25) is 9.69 Å². The van der Waals surface area contributed by atoms with Crippen LogP contribution in [0.4, 0.5) is 5.69 Å². The predicted molar refractivity (Wildman–Crippen MR) is 139 cm³/mol. The van der Waals surface area contributed by atoms with E-state index < -0.39 is 0 Å². The number of halogens is 2. The maximum Gasteiger partial charge on any atom is 0.262 e. The largest absolute Gasteiger partial charge is 0.276 e. The summed E-state index contributed by atoms with van der Waals surface area (Å²) in [5, 5.41) is 1.09. The summed E-state index contributed by atoms with van der Waals surface area (Å²) in [7, 11) is 0. The maximum absolute atomic E-state index is 13.6. The number of carbonyl (C=O) groups excluding carboxylic acids is 1. The number of amides is 1. The highest BCUT2D eigenvalue weighted by Crippen LogP contribution is 2.38. The number of nitrogens with zero attached hydrogens (tertiary/aromatic N) is 1. The number of anilines is 1. The van der Waals surface area contributed by atoms with Crippen LogP contribution in [0.2, 0.25) is 10.0 Å². The van der Waals surface area contributed by atoms with Gasteiger partial charge in [-0.1, -0.05) is 91.0 Å². The number of benzene rings is 3. The number of hydrogen-bond donors (Lipinski definition) is 0. The van der Waals surface area contributed by atoms with Crippen LogP contribution in [0.3, 0.4) is 0 Å². The number of hydrogen-bond acceptors (Lipinski definition) is 1. The molecule has 1 amide bonds. The maximum atomic E-state index is 13.6. The van der Waals surface area contributed by atoms with Crippen molar-refractivity contribution in [1.82, 2.24) is 0 Å². The van der Waals surface area contributed by atoms with Gasteiger partial charge in [0.15, 0.2) is 0 Å². The van der Waals surface area contributed by atoms with Gasteiger partial charge in [0.2, 0.25) is 0 Å². The van der Waals surface area contributed by atoms with Crippen molar-refractivity contribution in [3.8, 4) is 0 Å². The van der Waals surface area contributed by atoms with Crippen LogP contribution in [-0.4, -0.2) is 5.91 Å². The van der Waals surface area contributed by atoms with Crippen molar-refractivity contribution in [2.24, 2.45) is 0 Å². The summed E-state index contributed by atoms with van der Waals surface area (Å²) >= 11 is 12.4. The average Bonchev–Trinajstić information content (AvgIpc) is 3.18. The van der Waals surface area contributed by atoms with Crippen LogP contribution in [0.25, 0.3) is 11.8 Å². The molecule has 0 radical (unpaired) electrons. The average molecular weight is 474 g/mol. The van der Waals surface area contributed by atoms with Crippen molar-refractivity contribution in [2.45, 2.75) is 38.0 Å². The Morgan fingerprint density at radius 2 is 1.58 bits per heavy atom. The van der Waals surface area contributed by atoms with Crippen LogP contribution in [0.1, 0.15) is 54.7 Å². The predicted octanol–water partition coefficient (Wildman–Crippen LogP) is 8.51. The molecule has 1 aliphatic heterocycles. The summed E-state index contributed by atoms with van der Waals surface area (Å²) in [6.07, 6.45) is 10.2. The van der Waals surface area contributed by atoms with Gasteiger partial charge in [-0.2, -0.15) is 0 Å². The zero-order valence-corrected chi connectivity index (χ0v) is 19.8. The molecule has 0 spiro atoms. The van der Waals surface area contributed by atoms with Crippen molar-refractivity contribution < 1.29 is 4.79 Å². The van der Waals surface area contributed by atoms with Gasteiger partial charge >= 0.3 is 0 Å². The molecule has 0 atom stereocenters. The fraction of sp³-hybridized carbons (Fsp3) is 0.207.